The number of fused-ring (bicyclic) bond motifs is 1. The summed E-state index contributed by atoms with van der Waals surface area (Å²) in [6, 6.07) is 12.4. The predicted octanol–water partition coefficient (Wildman–Crippen LogP) is 1.83. The second-order valence-corrected chi connectivity index (χ2v) is 6.28. The molecule has 7 heteroatoms. The van der Waals surface area contributed by atoms with Gasteiger partial charge in [-0.05, 0) is 17.7 Å². The van der Waals surface area contributed by atoms with Gasteiger partial charge in [0.1, 0.15) is 12.2 Å². The number of benzene rings is 2. The fraction of sp³-hybridized carbons (Fsp3) is 0.235. The molecule has 0 radical (unpaired) electrons. The molecular formula is C17H17ClN3O3+. The van der Waals surface area contributed by atoms with Crippen molar-refractivity contribution in [2.45, 2.75) is 13.0 Å². The second-order valence-electron chi connectivity index (χ2n) is 5.84. The Balaban J connectivity index is 1.66. The van der Waals surface area contributed by atoms with Crippen molar-refractivity contribution in [3.05, 3.63) is 68.7 Å². The third-order valence-electron chi connectivity index (χ3n) is 4.15. The molecule has 2 N–H and O–H groups in total. The molecule has 1 aliphatic heterocycles. The average Bonchev–Trinajstić information content (AvgIpc) is 2.56. The van der Waals surface area contributed by atoms with Gasteiger partial charge < -0.3 is 10.2 Å². The molecule has 0 aromatic heterocycles. The first-order valence-corrected chi connectivity index (χ1v) is 8.05. The topological polar surface area (TPSA) is 76.7 Å². The number of anilines is 1. The highest BCUT2D eigenvalue weighted by Crippen LogP contribution is 2.27. The van der Waals surface area contributed by atoms with Gasteiger partial charge in [0.2, 0.25) is 0 Å². The van der Waals surface area contributed by atoms with Crippen LogP contribution in [0.3, 0.4) is 0 Å². The molecule has 0 aliphatic carbocycles. The zero-order chi connectivity index (χ0) is 17.1. The normalized spacial score (nSPS) is 16.3. The number of amides is 1. The summed E-state index contributed by atoms with van der Waals surface area (Å²) in [5.41, 5.74) is 2.56. The van der Waals surface area contributed by atoms with Crippen LogP contribution < -0.4 is 10.2 Å². The van der Waals surface area contributed by atoms with Gasteiger partial charge in [0, 0.05) is 23.1 Å². The third kappa shape index (κ3) is 3.72. The fourth-order valence-corrected chi connectivity index (χ4v) is 3.14. The van der Waals surface area contributed by atoms with Crippen LogP contribution in [0.1, 0.15) is 11.1 Å². The van der Waals surface area contributed by atoms with E-state index in [1.54, 1.807) is 0 Å². The van der Waals surface area contributed by atoms with Crippen molar-refractivity contribution in [1.29, 1.82) is 0 Å². The van der Waals surface area contributed by atoms with Gasteiger partial charge in [-0.3, -0.25) is 14.9 Å². The van der Waals surface area contributed by atoms with Gasteiger partial charge >= 0.3 is 0 Å². The van der Waals surface area contributed by atoms with Crippen molar-refractivity contribution >= 4 is 28.9 Å². The lowest BCUT2D eigenvalue weighted by Gasteiger charge is -2.25. The summed E-state index contributed by atoms with van der Waals surface area (Å²) in [4.78, 5) is 23.9. The summed E-state index contributed by atoms with van der Waals surface area (Å²) < 4.78 is 0. The van der Waals surface area contributed by atoms with Crippen molar-refractivity contribution in [3.8, 4) is 0 Å². The van der Waals surface area contributed by atoms with E-state index in [4.69, 9.17) is 11.6 Å². The molecule has 0 saturated heterocycles. The molecule has 0 fully saturated rings. The molecule has 1 aliphatic rings. The first-order chi connectivity index (χ1) is 11.5. The van der Waals surface area contributed by atoms with E-state index >= 15 is 0 Å². The number of rotatable bonds is 4. The molecule has 0 spiro atoms. The number of nitro benzene ring substituents is 1. The summed E-state index contributed by atoms with van der Waals surface area (Å²) >= 11 is 5.78. The number of nitrogens with zero attached hydrogens (tertiary/aromatic N) is 1. The molecule has 1 unspecified atom stereocenters. The number of carbonyl (C=O) groups excluding carboxylic acids is 1. The quantitative estimate of drug-likeness (QED) is 0.655. The second kappa shape index (κ2) is 6.98. The van der Waals surface area contributed by atoms with E-state index in [1.165, 1.54) is 29.3 Å². The number of quaternary nitrogens is 1. The first-order valence-electron chi connectivity index (χ1n) is 7.67. The largest absolute Gasteiger partial charge is 0.323 e. The third-order valence-corrected chi connectivity index (χ3v) is 4.38. The van der Waals surface area contributed by atoms with Gasteiger partial charge in [0.15, 0.2) is 6.54 Å². The Bertz CT molecular complexity index is 794. The number of nitro groups is 1. The number of hydrogen-bond donors (Lipinski definition) is 2. The Hall–Kier alpha value is -2.44. The minimum Gasteiger partial charge on any atom is -0.323 e. The first kappa shape index (κ1) is 16.4. The van der Waals surface area contributed by atoms with Crippen LogP contribution in [0.2, 0.25) is 5.02 Å². The highest BCUT2D eigenvalue weighted by atomic mass is 35.5. The van der Waals surface area contributed by atoms with E-state index in [9.17, 15) is 14.9 Å². The SMILES string of the molecule is O=C(C[NH+]1CCc2ccccc2C1)Nc1ccc(Cl)cc1[N+](=O)[O-]. The summed E-state index contributed by atoms with van der Waals surface area (Å²) in [5.74, 6) is -0.241. The minimum absolute atomic E-state index is 0.172. The Morgan fingerprint density at radius 3 is 2.75 bits per heavy atom. The van der Waals surface area contributed by atoms with E-state index in [1.807, 2.05) is 12.1 Å². The van der Waals surface area contributed by atoms with Gasteiger partial charge in [-0.15, -0.1) is 0 Å². The molecule has 1 amide bonds. The zero-order valence-corrected chi connectivity index (χ0v) is 13.7. The predicted molar refractivity (Wildman–Crippen MR) is 91.3 cm³/mol. The van der Waals surface area contributed by atoms with Crippen LogP contribution >= 0.6 is 11.6 Å². The highest BCUT2D eigenvalue weighted by Gasteiger charge is 2.23. The van der Waals surface area contributed by atoms with Crippen LogP contribution in [0.4, 0.5) is 11.4 Å². The molecule has 3 rings (SSSR count). The molecule has 0 saturated carbocycles. The van der Waals surface area contributed by atoms with Crippen molar-refractivity contribution in [2.75, 3.05) is 18.4 Å². The van der Waals surface area contributed by atoms with E-state index in [-0.39, 0.29) is 28.8 Å². The Kier molecular flexibility index (Phi) is 4.78. The average molecular weight is 347 g/mol. The Morgan fingerprint density at radius 1 is 1.25 bits per heavy atom. The molecule has 0 bridgehead atoms. The Morgan fingerprint density at radius 2 is 2.00 bits per heavy atom. The van der Waals surface area contributed by atoms with Gasteiger partial charge in [-0.2, -0.15) is 0 Å². The maximum atomic E-state index is 12.3. The molecule has 1 atom stereocenters. The van der Waals surface area contributed by atoms with Crippen molar-refractivity contribution < 1.29 is 14.6 Å². The minimum atomic E-state index is -0.550. The standard InChI is InChI=1S/C17H16ClN3O3/c18-14-5-6-15(16(9-14)21(23)24)19-17(22)11-20-8-7-12-3-1-2-4-13(12)10-20/h1-6,9H,7-8,10-11H2,(H,19,22)/p+1. The molecule has 2 aromatic rings. The van der Waals surface area contributed by atoms with Crippen LogP contribution in [-0.4, -0.2) is 23.9 Å². The van der Waals surface area contributed by atoms with Crippen molar-refractivity contribution in [2.24, 2.45) is 0 Å². The summed E-state index contributed by atoms with van der Waals surface area (Å²) in [5, 5.41) is 14.0. The fourth-order valence-electron chi connectivity index (χ4n) is 2.98. The smallest absolute Gasteiger partial charge is 0.294 e. The van der Waals surface area contributed by atoms with Crippen molar-refractivity contribution in [3.63, 3.8) is 0 Å². The number of carbonyl (C=O) groups is 1. The van der Waals surface area contributed by atoms with Gasteiger partial charge in [0.25, 0.3) is 11.6 Å². The summed E-state index contributed by atoms with van der Waals surface area (Å²) in [7, 11) is 0. The lowest BCUT2D eigenvalue weighted by molar-refractivity contribution is -0.907. The van der Waals surface area contributed by atoms with Crippen LogP contribution in [0.5, 0.6) is 0 Å². The zero-order valence-electron chi connectivity index (χ0n) is 12.9. The molecule has 6 nitrogen and oxygen atoms in total. The Labute approximate surface area is 144 Å². The molecular weight excluding hydrogens is 330 g/mol. The van der Waals surface area contributed by atoms with Gasteiger partial charge in [0.05, 0.1) is 11.5 Å². The number of halogens is 1. The molecule has 2 aromatic carbocycles. The summed E-state index contributed by atoms with van der Waals surface area (Å²) in [6.07, 6.45) is 0.930. The molecule has 24 heavy (non-hydrogen) atoms. The van der Waals surface area contributed by atoms with Crippen LogP contribution in [0, 0.1) is 10.1 Å². The van der Waals surface area contributed by atoms with Gasteiger partial charge in [-0.25, -0.2) is 0 Å². The van der Waals surface area contributed by atoms with Crippen LogP contribution in [0.15, 0.2) is 42.5 Å². The summed E-state index contributed by atoms with van der Waals surface area (Å²) in [6.45, 7) is 1.92. The molecule has 1 heterocycles. The maximum Gasteiger partial charge on any atom is 0.294 e. The van der Waals surface area contributed by atoms with E-state index in [0.717, 1.165) is 24.4 Å². The maximum absolute atomic E-state index is 12.3. The van der Waals surface area contributed by atoms with Crippen LogP contribution in [0.25, 0.3) is 0 Å². The van der Waals surface area contributed by atoms with E-state index in [2.05, 4.69) is 17.4 Å². The van der Waals surface area contributed by atoms with E-state index < -0.39 is 4.92 Å². The lowest BCUT2D eigenvalue weighted by atomic mass is 10.00. The number of nitrogens with one attached hydrogen (secondary N) is 2. The lowest BCUT2D eigenvalue weighted by Crippen LogP contribution is -3.12. The van der Waals surface area contributed by atoms with Gasteiger partial charge in [-0.1, -0.05) is 35.9 Å². The number of hydrogen-bond acceptors (Lipinski definition) is 3. The van der Waals surface area contributed by atoms with Crippen molar-refractivity contribution in [1.82, 2.24) is 0 Å². The monoisotopic (exact) mass is 346 g/mol. The molecule has 124 valence electrons. The highest BCUT2D eigenvalue weighted by molar-refractivity contribution is 6.31. The van der Waals surface area contributed by atoms with E-state index in [0.29, 0.717) is 0 Å². The van der Waals surface area contributed by atoms with Crippen LogP contribution in [-0.2, 0) is 17.8 Å².